The van der Waals surface area contributed by atoms with Crippen LogP contribution < -0.4 is 20.9 Å². The third kappa shape index (κ3) is 5.76. The molecule has 0 radical (unpaired) electrons. The molecule has 4 N–H and O–H groups in total. The molecule has 0 unspecified atom stereocenters. The summed E-state index contributed by atoms with van der Waals surface area (Å²) in [5.41, 5.74) is 12.7. The topological polar surface area (TPSA) is 82.9 Å². The van der Waals surface area contributed by atoms with Crippen molar-refractivity contribution in [2.45, 2.75) is 13.3 Å². The molecule has 0 fully saturated rings. The van der Waals surface area contributed by atoms with Crippen LogP contribution in [0.1, 0.15) is 6.92 Å². The van der Waals surface area contributed by atoms with Crippen LogP contribution in [0.4, 0.5) is 24.5 Å². The van der Waals surface area contributed by atoms with Crippen LogP contribution in [0.25, 0.3) is 0 Å². The summed E-state index contributed by atoms with van der Waals surface area (Å²) in [6, 6.07) is 9.94. The van der Waals surface area contributed by atoms with E-state index in [1.165, 1.54) is 36.7 Å². The number of aliphatic imine (C=N–C) groups is 1. The molecule has 0 atom stereocenters. The summed E-state index contributed by atoms with van der Waals surface area (Å²) in [5, 5.41) is 0. The van der Waals surface area contributed by atoms with Gasteiger partial charge in [0.2, 0.25) is 0 Å². The Hall–Kier alpha value is -3.16. The first-order valence-corrected chi connectivity index (χ1v) is 7.12. The zero-order valence-electron chi connectivity index (χ0n) is 13.2. The molecule has 2 rings (SSSR count). The van der Waals surface area contributed by atoms with Gasteiger partial charge in [-0.3, -0.25) is 4.99 Å². The molecular weight excluding hydrogens is 335 g/mol. The van der Waals surface area contributed by atoms with Crippen molar-refractivity contribution in [1.29, 1.82) is 0 Å². The summed E-state index contributed by atoms with van der Waals surface area (Å²) < 4.78 is 46.4. The maximum atomic E-state index is 12.3. The van der Waals surface area contributed by atoms with Crippen LogP contribution in [-0.4, -0.2) is 12.6 Å². The van der Waals surface area contributed by atoms with E-state index in [1.54, 1.807) is 19.1 Å². The van der Waals surface area contributed by atoms with Gasteiger partial charge in [-0.1, -0.05) is 6.07 Å². The van der Waals surface area contributed by atoms with Gasteiger partial charge >= 0.3 is 6.36 Å². The largest absolute Gasteiger partial charge is 0.573 e. The second-order valence-electron chi connectivity index (χ2n) is 5.02. The Labute approximate surface area is 142 Å². The van der Waals surface area contributed by atoms with Crippen molar-refractivity contribution < 1.29 is 22.6 Å². The number of allylic oxidation sites excluding steroid dienone is 1. The number of nitrogens with zero attached hydrogens (tertiary/aromatic N) is 1. The lowest BCUT2D eigenvalue weighted by molar-refractivity contribution is -0.274. The second-order valence-corrected chi connectivity index (χ2v) is 5.02. The molecule has 0 aliphatic rings. The van der Waals surface area contributed by atoms with E-state index >= 15 is 0 Å². The van der Waals surface area contributed by atoms with Crippen LogP contribution in [-0.2, 0) is 0 Å². The van der Waals surface area contributed by atoms with Crippen LogP contribution >= 0.6 is 0 Å². The Morgan fingerprint density at radius 3 is 2.52 bits per heavy atom. The first kappa shape index (κ1) is 18.2. The minimum absolute atomic E-state index is 0.148. The van der Waals surface area contributed by atoms with Crippen LogP contribution in [0.2, 0.25) is 0 Å². The van der Waals surface area contributed by atoms with E-state index in [-0.39, 0.29) is 17.2 Å². The average Bonchev–Trinajstić information content (AvgIpc) is 2.52. The number of hydrogen-bond acceptors (Lipinski definition) is 5. The highest BCUT2D eigenvalue weighted by molar-refractivity contribution is 5.81. The number of nitrogens with two attached hydrogens (primary N) is 2. The van der Waals surface area contributed by atoms with Gasteiger partial charge in [0.25, 0.3) is 0 Å². The number of anilines is 1. The Kier molecular flexibility index (Phi) is 5.53. The lowest BCUT2D eigenvalue weighted by Gasteiger charge is -2.12. The van der Waals surface area contributed by atoms with Crippen molar-refractivity contribution in [3.05, 3.63) is 54.2 Å². The molecule has 8 heteroatoms. The van der Waals surface area contributed by atoms with E-state index in [2.05, 4.69) is 9.73 Å². The van der Waals surface area contributed by atoms with Gasteiger partial charge in [0.05, 0.1) is 0 Å². The summed E-state index contributed by atoms with van der Waals surface area (Å²) >= 11 is 0. The first-order chi connectivity index (χ1) is 11.8. The second kappa shape index (κ2) is 7.61. The van der Waals surface area contributed by atoms with E-state index in [4.69, 9.17) is 16.2 Å². The van der Waals surface area contributed by atoms with E-state index in [1.807, 2.05) is 0 Å². The summed E-state index contributed by atoms with van der Waals surface area (Å²) in [7, 11) is 0. The molecule has 2 aromatic carbocycles. The highest BCUT2D eigenvalue weighted by atomic mass is 19.4. The van der Waals surface area contributed by atoms with Gasteiger partial charge in [-0.25, -0.2) is 0 Å². The van der Waals surface area contributed by atoms with Gasteiger partial charge in [-0.05, 0) is 43.0 Å². The van der Waals surface area contributed by atoms with Crippen LogP contribution in [0.5, 0.6) is 17.2 Å². The molecule has 0 saturated heterocycles. The number of benzene rings is 2. The molecule has 25 heavy (non-hydrogen) atoms. The predicted octanol–water partition coefficient (Wildman–Crippen LogP) is 4.52. The van der Waals surface area contributed by atoms with Crippen LogP contribution in [0.3, 0.4) is 0 Å². The molecule has 0 heterocycles. The fraction of sp³-hybridized carbons (Fsp3) is 0.118. The van der Waals surface area contributed by atoms with E-state index < -0.39 is 6.36 Å². The summed E-state index contributed by atoms with van der Waals surface area (Å²) in [5.74, 6) is 0.0426. The molecule has 0 aliphatic heterocycles. The molecule has 0 saturated carbocycles. The van der Waals surface area contributed by atoms with Gasteiger partial charge in [-0.15, -0.1) is 13.2 Å². The zero-order valence-corrected chi connectivity index (χ0v) is 13.2. The van der Waals surface area contributed by atoms with Gasteiger partial charge < -0.3 is 20.9 Å². The predicted molar refractivity (Wildman–Crippen MR) is 90.1 cm³/mol. The molecule has 2 aromatic rings. The SMILES string of the molecule is C/C(C=Nc1ccc(N)cc1Oc1cccc(OC(F)(F)F)c1)=C/N. The number of hydrogen-bond donors (Lipinski definition) is 2. The van der Waals surface area contributed by atoms with Crippen LogP contribution in [0, 0.1) is 0 Å². The molecule has 0 bridgehead atoms. The standard InChI is InChI=1S/C17H16F3N3O2/c1-11(9-21)10-23-15-6-5-12(22)7-16(15)24-13-3-2-4-14(8-13)25-17(18,19)20/h2-10H,21-22H2,1H3/b11-9-,23-10?. The minimum atomic E-state index is -4.78. The Bertz CT molecular complexity index is 802. The smallest absolute Gasteiger partial charge is 0.455 e. The van der Waals surface area contributed by atoms with Crippen LogP contribution in [0.15, 0.2) is 59.2 Å². The summed E-state index contributed by atoms with van der Waals surface area (Å²) in [6.07, 6.45) is -1.86. The maximum Gasteiger partial charge on any atom is 0.573 e. The molecule has 132 valence electrons. The molecule has 0 aliphatic carbocycles. The zero-order chi connectivity index (χ0) is 18.4. The number of rotatable bonds is 5. The molecule has 0 spiro atoms. The molecular formula is C17H16F3N3O2. The van der Waals surface area contributed by atoms with Gasteiger partial charge in [0, 0.05) is 24.0 Å². The van der Waals surface area contributed by atoms with Crippen molar-refractivity contribution >= 4 is 17.6 Å². The molecule has 0 amide bonds. The summed E-state index contributed by atoms with van der Waals surface area (Å²) in [6.45, 7) is 1.76. The first-order valence-electron chi connectivity index (χ1n) is 7.12. The lowest BCUT2D eigenvalue weighted by atomic mass is 10.2. The van der Waals surface area contributed by atoms with Crippen molar-refractivity contribution in [3.63, 3.8) is 0 Å². The van der Waals surface area contributed by atoms with E-state index in [9.17, 15) is 13.2 Å². The highest BCUT2D eigenvalue weighted by Gasteiger charge is 2.31. The fourth-order valence-electron chi connectivity index (χ4n) is 1.80. The van der Waals surface area contributed by atoms with Crippen molar-refractivity contribution in [1.82, 2.24) is 0 Å². The van der Waals surface area contributed by atoms with Gasteiger partial charge in [-0.2, -0.15) is 0 Å². The Balaban J connectivity index is 2.29. The maximum absolute atomic E-state index is 12.3. The third-order valence-corrected chi connectivity index (χ3v) is 2.92. The number of halogens is 3. The van der Waals surface area contributed by atoms with Gasteiger partial charge in [0.1, 0.15) is 17.2 Å². The summed E-state index contributed by atoms with van der Waals surface area (Å²) in [4.78, 5) is 4.23. The van der Waals surface area contributed by atoms with E-state index in [0.29, 0.717) is 11.4 Å². The Morgan fingerprint density at radius 1 is 1.12 bits per heavy atom. The van der Waals surface area contributed by atoms with Crippen molar-refractivity contribution in [2.75, 3.05) is 5.73 Å². The molecule has 5 nitrogen and oxygen atoms in total. The number of ether oxygens (including phenoxy) is 2. The normalized spacial score (nSPS) is 12.4. The van der Waals surface area contributed by atoms with E-state index in [0.717, 1.165) is 11.6 Å². The minimum Gasteiger partial charge on any atom is -0.455 e. The monoisotopic (exact) mass is 351 g/mol. The third-order valence-electron chi connectivity index (χ3n) is 2.92. The van der Waals surface area contributed by atoms with Crippen molar-refractivity contribution in [3.8, 4) is 17.2 Å². The van der Waals surface area contributed by atoms with Crippen molar-refractivity contribution in [2.24, 2.45) is 10.7 Å². The average molecular weight is 351 g/mol. The number of nitrogen functional groups attached to an aromatic ring is 1. The molecule has 0 aromatic heterocycles. The highest BCUT2D eigenvalue weighted by Crippen LogP contribution is 2.35. The number of alkyl halides is 3. The quantitative estimate of drug-likeness (QED) is 0.613. The fourth-order valence-corrected chi connectivity index (χ4v) is 1.80. The lowest BCUT2D eigenvalue weighted by Crippen LogP contribution is -2.17. The Morgan fingerprint density at radius 2 is 1.84 bits per heavy atom. The van der Waals surface area contributed by atoms with Gasteiger partial charge in [0.15, 0.2) is 5.75 Å².